The molecule has 0 saturated carbocycles. The third-order valence-corrected chi connectivity index (χ3v) is 0. The molecule has 0 aromatic carbocycles. The number of carboxylic acid groups (broad SMARTS) is 3. The van der Waals surface area contributed by atoms with E-state index in [1.54, 1.807) is 0 Å². The molecule has 0 saturated heterocycles. The smallest absolute Gasteiger partial charge is 0.550 e. The van der Waals surface area contributed by atoms with Crippen LogP contribution in [0.3, 0.4) is 0 Å². The Bertz CT molecular complexity index is 120. The van der Waals surface area contributed by atoms with E-state index in [2.05, 4.69) is 0 Å². The Morgan fingerprint density at radius 2 is 0.600 bits per heavy atom. The number of aliphatic carboxylic acids is 3. The molecule has 0 radical (unpaired) electrons. The van der Waals surface area contributed by atoms with Crippen molar-refractivity contribution in [3.63, 3.8) is 0 Å². The van der Waals surface area contributed by atoms with Crippen LogP contribution in [0.5, 0.6) is 0 Å². The zero-order valence-corrected chi connectivity index (χ0v) is 28.8. The molecule has 0 spiro atoms. The van der Waals surface area contributed by atoms with Crippen LogP contribution in [0.25, 0.3) is 0 Å². The van der Waals surface area contributed by atoms with Crippen LogP contribution in [-0.2, 0) is 14.4 Å². The molecule has 0 N–H and O–H groups in total. The van der Waals surface area contributed by atoms with E-state index < -0.39 is 17.9 Å². The van der Waals surface area contributed by atoms with Gasteiger partial charge in [-0.15, -0.1) is 0 Å². The predicted octanol–water partition coefficient (Wildman–Crippen LogP) is -12.7. The van der Waals surface area contributed by atoms with Crippen LogP contribution in [0.15, 0.2) is 0 Å². The summed E-state index contributed by atoms with van der Waals surface area (Å²) >= 11 is 0. The summed E-state index contributed by atoms with van der Waals surface area (Å²) in [4.78, 5) is 26.7. The predicted molar refractivity (Wildman–Crippen MR) is 32.0 cm³/mol. The van der Waals surface area contributed by atoms with Crippen molar-refractivity contribution in [2.24, 2.45) is 0 Å². The minimum Gasteiger partial charge on any atom is -0.550 e. The van der Waals surface area contributed by atoms with Crippen molar-refractivity contribution in [1.82, 2.24) is 0 Å². The maximum atomic E-state index is 8.89. The Balaban J connectivity index is -0.0000000184. The summed E-state index contributed by atoms with van der Waals surface area (Å²) < 4.78 is 0. The number of carbonyl (C=O) groups is 3. The van der Waals surface area contributed by atoms with Crippen molar-refractivity contribution < 1.29 is 236 Å². The normalized spacial score (nSPS) is 5.00. The second-order valence-corrected chi connectivity index (χ2v) is 1.47. The van der Waals surface area contributed by atoms with Crippen molar-refractivity contribution in [2.75, 3.05) is 0 Å². The standard InChI is InChI=1S/3C2H4O2.3Cs/c3*1-2(3)4;;;/h3*1H3,(H,3,4);;;/q;;;3*+1/p-3. The van der Waals surface area contributed by atoms with Gasteiger partial charge in [0.1, 0.15) is 0 Å². The van der Waals surface area contributed by atoms with Crippen LogP contribution >= 0.6 is 0 Å². The van der Waals surface area contributed by atoms with Crippen molar-refractivity contribution in [1.29, 1.82) is 0 Å². The van der Waals surface area contributed by atoms with Gasteiger partial charge in [0, 0.05) is 17.9 Å². The molecule has 72 valence electrons. The molecule has 0 aromatic heterocycles. The topological polar surface area (TPSA) is 120 Å². The van der Waals surface area contributed by atoms with E-state index in [4.69, 9.17) is 29.7 Å². The molecule has 0 amide bonds. The van der Waals surface area contributed by atoms with Gasteiger partial charge in [0.05, 0.1) is 0 Å². The summed E-state index contributed by atoms with van der Waals surface area (Å²) in [5.74, 6) is -3.25. The molecular weight excluding hydrogens is 567 g/mol. The number of carboxylic acids is 3. The van der Waals surface area contributed by atoms with Crippen LogP contribution < -0.4 is 222 Å². The quantitative estimate of drug-likeness (QED) is 0.283. The summed E-state index contributed by atoms with van der Waals surface area (Å²) in [6, 6.07) is 0. The van der Waals surface area contributed by atoms with Crippen molar-refractivity contribution in [3.8, 4) is 0 Å². The molecule has 0 aromatic rings. The third kappa shape index (κ3) is 244. The second kappa shape index (κ2) is 31.1. The van der Waals surface area contributed by atoms with E-state index in [0.717, 1.165) is 20.8 Å². The Hall–Kier alpha value is 4.57. The molecule has 15 heavy (non-hydrogen) atoms. The summed E-state index contributed by atoms with van der Waals surface area (Å²) in [6.45, 7) is 2.92. The number of carbonyl (C=O) groups excluding carboxylic acids is 3. The van der Waals surface area contributed by atoms with Crippen molar-refractivity contribution >= 4 is 17.9 Å². The molecule has 0 rings (SSSR count). The first-order chi connectivity index (χ1) is 5.20. The molecule has 0 fully saturated rings. The Morgan fingerprint density at radius 3 is 0.600 bits per heavy atom. The van der Waals surface area contributed by atoms with E-state index in [1.807, 2.05) is 0 Å². The first-order valence-electron chi connectivity index (χ1n) is 2.72. The molecular formula is C6H9Cs3O6. The van der Waals surface area contributed by atoms with Crippen LogP contribution in [0.4, 0.5) is 0 Å². The molecule has 0 bridgehead atoms. The summed E-state index contributed by atoms with van der Waals surface area (Å²) in [5.41, 5.74) is 0. The van der Waals surface area contributed by atoms with Gasteiger partial charge in [0.25, 0.3) is 0 Å². The fourth-order valence-corrected chi connectivity index (χ4v) is 0. The van der Waals surface area contributed by atoms with Gasteiger partial charge in [-0.2, -0.15) is 0 Å². The van der Waals surface area contributed by atoms with Crippen molar-refractivity contribution in [2.45, 2.75) is 20.8 Å². The van der Waals surface area contributed by atoms with Gasteiger partial charge in [-0.3, -0.25) is 0 Å². The van der Waals surface area contributed by atoms with Crippen LogP contribution in [0.1, 0.15) is 20.8 Å². The van der Waals surface area contributed by atoms with Gasteiger partial charge in [-0.05, 0) is 20.8 Å². The third-order valence-electron chi connectivity index (χ3n) is 0. The average molecular weight is 576 g/mol. The first kappa shape index (κ1) is 36.6. The summed E-state index contributed by atoms with van der Waals surface area (Å²) in [6.07, 6.45) is 0. The fraction of sp³-hybridized carbons (Fsp3) is 0.500. The van der Waals surface area contributed by atoms with E-state index in [0.29, 0.717) is 0 Å². The largest absolute Gasteiger partial charge is 1.00 e. The molecule has 0 aliphatic rings. The minimum absolute atomic E-state index is 0. The van der Waals surface area contributed by atoms with Gasteiger partial charge in [-0.25, -0.2) is 0 Å². The zero-order valence-electron chi connectivity index (χ0n) is 9.95. The average Bonchev–Trinajstić information content (AvgIpc) is 1.54. The van der Waals surface area contributed by atoms with E-state index in [9.17, 15) is 0 Å². The van der Waals surface area contributed by atoms with Crippen molar-refractivity contribution in [3.05, 3.63) is 0 Å². The molecule has 0 heterocycles. The first-order valence-corrected chi connectivity index (χ1v) is 2.72. The second-order valence-electron chi connectivity index (χ2n) is 1.47. The maximum absolute atomic E-state index is 8.89. The zero-order chi connectivity index (χ0) is 10.7. The minimum atomic E-state index is -1.08. The summed E-state index contributed by atoms with van der Waals surface area (Å²) in [5, 5.41) is 26.7. The number of hydrogen-bond acceptors (Lipinski definition) is 6. The Morgan fingerprint density at radius 1 is 0.600 bits per heavy atom. The molecule has 0 atom stereocenters. The van der Waals surface area contributed by atoms with Crippen LogP contribution in [0.2, 0.25) is 0 Å². The van der Waals surface area contributed by atoms with E-state index >= 15 is 0 Å². The van der Waals surface area contributed by atoms with Crippen LogP contribution in [0, 0.1) is 0 Å². The molecule has 0 aliphatic heterocycles. The van der Waals surface area contributed by atoms with Crippen LogP contribution in [-0.4, -0.2) is 17.9 Å². The maximum Gasteiger partial charge on any atom is 1.00 e. The van der Waals surface area contributed by atoms with E-state index in [1.165, 1.54) is 0 Å². The van der Waals surface area contributed by atoms with Gasteiger partial charge >= 0.3 is 207 Å². The van der Waals surface area contributed by atoms with Gasteiger partial charge in [0.15, 0.2) is 0 Å². The molecule has 9 heteroatoms. The Kier molecular flexibility index (Phi) is 76.1. The van der Waals surface area contributed by atoms with E-state index in [-0.39, 0.29) is 207 Å². The Labute approximate surface area is 265 Å². The number of rotatable bonds is 0. The summed E-state index contributed by atoms with van der Waals surface area (Å²) in [7, 11) is 0. The van der Waals surface area contributed by atoms with Gasteiger partial charge < -0.3 is 29.7 Å². The SMILES string of the molecule is CC(=O)[O-].CC(=O)[O-].CC(=O)[O-].[Cs+].[Cs+].[Cs+]. The molecule has 0 aliphatic carbocycles. The number of hydrogen-bond donors (Lipinski definition) is 0. The fourth-order valence-electron chi connectivity index (χ4n) is 0. The molecule has 0 unspecified atom stereocenters. The van der Waals surface area contributed by atoms with Gasteiger partial charge in [-0.1, -0.05) is 0 Å². The monoisotopic (exact) mass is 576 g/mol. The molecule has 6 nitrogen and oxygen atoms in total. The van der Waals surface area contributed by atoms with Gasteiger partial charge in [0.2, 0.25) is 0 Å².